The first-order valence-corrected chi connectivity index (χ1v) is 10.1. The number of urea groups is 1. The topological polar surface area (TPSA) is 78.5 Å². The van der Waals surface area contributed by atoms with Crippen molar-refractivity contribution in [1.29, 1.82) is 0 Å². The summed E-state index contributed by atoms with van der Waals surface area (Å²) in [6, 6.07) is 11.8. The molecule has 6 nitrogen and oxygen atoms in total. The lowest BCUT2D eigenvalue weighted by Crippen LogP contribution is -2.27. The highest BCUT2D eigenvalue weighted by Gasteiger charge is 2.20. The highest BCUT2D eigenvalue weighted by molar-refractivity contribution is 7.89. The van der Waals surface area contributed by atoms with Gasteiger partial charge in [0.25, 0.3) is 0 Å². The maximum Gasteiger partial charge on any atom is 0.321 e. The number of anilines is 1. The summed E-state index contributed by atoms with van der Waals surface area (Å²) >= 11 is 5.98. The first-order valence-electron chi connectivity index (χ1n) is 8.27. The molecule has 1 heterocycles. The zero-order valence-corrected chi connectivity index (χ0v) is 16.2. The number of carbonyl (C=O) groups excluding carboxylic acids is 1. The predicted octanol–water partition coefficient (Wildman–Crippen LogP) is 2.51. The number of nitrogens with zero attached hydrogens (tertiary/aromatic N) is 1. The SMILES string of the molecule is Cc1c(Cl)cccc1S(=O)(=O)NCC#Cc1ccc(N2CCNC2=O)cc1. The van der Waals surface area contributed by atoms with E-state index in [-0.39, 0.29) is 17.5 Å². The number of benzene rings is 2. The smallest absolute Gasteiger partial charge is 0.321 e. The molecule has 2 N–H and O–H groups in total. The van der Waals surface area contributed by atoms with Gasteiger partial charge in [-0.05, 0) is 48.9 Å². The molecule has 3 rings (SSSR count). The second-order valence-electron chi connectivity index (χ2n) is 5.92. The minimum atomic E-state index is -3.68. The molecule has 140 valence electrons. The van der Waals surface area contributed by atoms with E-state index in [9.17, 15) is 13.2 Å². The standard InChI is InChI=1S/C19H18ClN3O3S/c1-14-17(20)5-2-6-18(14)27(25,26)22-11-3-4-15-7-9-16(10-8-15)23-13-12-21-19(23)24/h2,5-10,22H,11-13H2,1H3,(H,21,24). The average molecular weight is 404 g/mol. The van der Waals surface area contributed by atoms with Gasteiger partial charge in [0, 0.05) is 29.4 Å². The lowest BCUT2D eigenvalue weighted by Gasteiger charge is -2.13. The molecule has 0 aliphatic carbocycles. The number of rotatable bonds is 4. The first kappa shape index (κ1) is 19.2. The van der Waals surface area contributed by atoms with Crippen molar-refractivity contribution in [3.05, 3.63) is 58.6 Å². The molecule has 1 aliphatic heterocycles. The second-order valence-corrected chi connectivity index (χ2v) is 8.06. The molecule has 1 aliphatic rings. The van der Waals surface area contributed by atoms with Crippen LogP contribution in [0.3, 0.4) is 0 Å². The molecule has 2 amide bonds. The Morgan fingerprint density at radius 2 is 1.96 bits per heavy atom. The van der Waals surface area contributed by atoms with Gasteiger partial charge in [0.05, 0.1) is 11.4 Å². The van der Waals surface area contributed by atoms with Crippen molar-refractivity contribution in [2.24, 2.45) is 0 Å². The normalized spacial score (nSPS) is 13.9. The third kappa shape index (κ3) is 4.42. The van der Waals surface area contributed by atoms with E-state index in [4.69, 9.17) is 11.6 Å². The van der Waals surface area contributed by atoms with Gasteiger partial charge in [0.1, 0.15) is 0 Å². The van der Waals surface area contributed by atoms with Crippen molar-refractivity contribution in [2.75, 3.05) is 24.5 Å². The summed E-state index contributed by atoms with van der Waals surface area (Å²) < 4.78 is 27.2. The van der Waals surface area contributed by atoms with Crippen LogP contribution < -0.4 is 14.9 Å². The molecular weight excluding hydrogens is 386 g/mol. The Labute approximate surface area is 163 Å². The molecule has 0 spiro atoms. The Kier molecular flexibility index (Phi) is 5.71. The molecule has 1 fully saturated rings. The summed E-state index contributed by atoms with van der Waals surface area (Å²) in [7, 11) is -3.68. The number of sulfonamides is 1. The monoisotopic (exact) mass is 403 g/mol. The van der Waals surface area contributed by atoms with Crippen LogP contribution in [-0.4, -0.2) is 34.1 Å². The maximum absolute atomic E-state index is 12.4. The third-order valence-corrected chi connectivity index (χ3v) is 6.08. The maximum atomic E-state index is 12.4. The molecule has 0 aromatic heterocycles. The van der Waals surface area contributed by atoms with Gasteiger partial charge in [-0.3, -0.25) is 4.90 Å². The summed E-state index contributed by atoms with van der Waals surface area (Å²) in [4.78, 5) is 13.4. The van der Waals surface area contributed by atoms with Crippen molar-refractivity contribution in [3.63, 3.8) is 0 Å². The van der Waals surface area contributed by atoms with Crippen LogP contribution in [-0.2, 0) is 10.0 Å². The Morgan fingerprint density at radius 3 is 2.63 bits per heavy atom. The Bertz CT molecular complexity index is 1020. The van der Waals surface area contributed by atoms with Crippen LogP contribution >= 0.6 is 11.6 Å². The number of hydrogen-bond acceptors (Lipinski definition) is 3. The van der Waals surface area contributed by atoms with Gasteiger partial charge in [-0.15, -0.1) is 0 Å². The molecule has 27 heavy (non-hydrogen) atoms. The molecule has 0 saturated carbocycles. The molecule has 8 heteroatoms. The van der Waals surface area contributed by atoms with Crippen LogP contribution in [0, 0.1) is 18.8 Å². The quantitative estimate of drug-likeness (QED) is 0.770. The zero-order chi connectivity index (χ0) is 19.4. The van der Waals surface area contributed by atoms with E-state index >= 15 is 0 Å². The van der Waals surface area contributed by atoms with Gasteiger partial charge in [0.15, 0.2) is 0 Å². The minimum absolute atomic E-state index is 0.0232. The van der Waals surface area contributed by atoms with Crippen LogP contribution in [0.1, 0.15) is 11.1 Å². The minimum Gasteiger partial charge on any atom is -0.336 e. The zero-order valence-electron chi connectivity index (χ0n) is 14.6. The Hall–Kier alpha value is -2.53. The van der Waals surface area contributed by atoms with Gasteiger partial charge >= 0.3 is 6.03 Å². The van der Waals surface area contributed by atoms with Gasteiger partial charge in [0.2, 0.25) is 10.0 Å². The van der Waals surface area contributed by atoms with Crippen LogP contribution in [0.15, 0.2) is 47.4 Å². The van der Waals surface area contributed by atoms with E-state index in [2.05, 4.69) is 21.9 Å². The Balaban J connectivity index is 1.63. The van der Waals surface area contributed by atoms with E-state index in [1.165, 1.54) is 6.07 Å². The van der Waals surface area contributed by atoms with Crippen molar-refractivity contribution in [2.45, 2.75) is 11.8 Å². The molecule has 0 unspecified atom stereocenters. The molecule has 0 radical (unpaired) electrons. The second kappa shape index (κ2) is 8.01. The number of nitrogens with one attached hydrogen (secondary N) is 2. The number of amides is 2. The van der Waals surface area contributed by atoms with Gasteiger partial charge < -0.3 is 5.32 Å². The van der Waals surface area contributed by atoms with Crippen LogP contribution in [0.25, 0.3) is 0 Å². The predicted molar refractivity (Wildman–Crippen MR) is 105 cm³/mol. The number of halogens is 1. The fourth-order valence-corrected chi connectivity index (χ4v) is 4.10. The van der Waals surface area contributed by atoms with E-state index in [0.717, 1.165) is 11.3 Å². The van der Waals surface area contributed by atoms with Crippen LogP contribution in [0.4, 0.5) is 10.5 Å². The molecule has 0 atom stereocenters. The molecule has 2 aromatic carbocycles. The lowest BCUT2D eigenvalue weighted by atomic mass is 10.2. The summed E-state index contributed by atoms with van der Waals surface area (Å²) in [5.74, 6) is 5.69. The summed E-state index contributed by atoms with van der Waals surface area (Å²) in [5.41, 5.74) is 2.03. The van der Waals surface area contributed by atoms with Crippen molar-refractivity contribution < 1.29 is 13.2 Å². The van der Waals surface area contributed by atoms with Gasteiger partial charge in [-0.2, -0.15) is 4.72 Å². The summed E-state index contributed by atoms with van der Waals surface area (Å²) in [5, 5.41) is 3.14. The lowest BCUT2D eigenvalue weighted by molar-refractivity contribution is 0.252. The van der Waals surface area contributed by atoms with E-state index in [0.29, 0.717) is 23.7 Å². The van der Waals surface area contributed by atoms with Crippen molar-refractivity contribution in [1.82, 2.24) is 10.0 Å². The highest BCUT2D eigenvalue weighted by Crippen LogP contribution is 2.22. The van der Waals surface area contributed by atoms with Crippen LogP contribution in [0.5, 0.6) is 0 Å². The van der Waals surface area contributed by atoms with E-state index in [1.54, 1.807) is 36.1 Å². The average Bonchev–Trinajstić information content (AvgIpc) is 3.07. The van der Waals surface area contributed by atoms with Crippen molar-refractivity contribution >= 4 is 33.3 Å². The Morgan fingerprint density at radius 1 is 1.22 bits per heavy atom. The first-order chi connectivity index (χ1) is 12.9. The summed E-state index contributed by atoms with van der Waals surface area (Å²) in [6.45, 7) is 2.90. The van der Waals surface area contributed by atoms with Crippen LogP contribution in [0.2, 0.25) is 5.02 Å². The fraction of sp³-hybridized carbons (Fsp3) is 0.211. The van der Waals surface area contributed by atoms with Gasteiger partial charge in [-0.1, -0.05) is 29.5 Å². The third-order valence-electron chi connectivity index (χ3n) is 4.13. The summed E-state index contributed by atoms with van der Waals surface area (Å²) in [6.07, 6.45) is 0. The van der Waals surface area contributed by atoms with E-state index in [1.807, 2.05) is 12.1 Å². The molecule has 0 bridgehead atoms. The molecular formula is C19H18ClN3O3S. The van der Waals surface area contributed by atoms with Gasteiger partial charge in [-0.25, -0.2) is 13.2 Å². The largest absolute Gasteiger partial charge is 0.336 e. The van der Waals surface area contributed by atoms with Crippen molar-refractivity contribution in [3.8, 4) is 11.8 Å². The number of carbonyl (C=O) groups is 1. The van der Waals surface area contributed by atoms with E-state index < -0.39 is 10.0 Å². The highest BCUT2D eigenvalue weighted by atomic mass is 35.5. The number of hydrogen-bond donors (Lipinski definition) is 2. The fourth-order valence-electron chi connectivity index (χ4n) is 2.68. The molecule has 1 saturated heterocycles. The molecule has 2 aromatic rings.